The maximum atomic E-state index is 14.7. The fourth-order valence-electron chi connectivity index (χ4n) is 6.98. The van der Waals surface area contributed by atoms with Crippen LogP contribution in [0.3, 0.4) is 0 Å². The summed E-state index contributed by atoms with van der Waals surface area (Å²) in [4.78, 5) is 45.6. The zero-order chi connectivity index (χ0) is 27.9. The molecule has 206 valence electrons. The Kier molecular flexibility index (Phi) is 7.37. The van der Waals surface area contributed by atoms with Gasteiger partial charge >= 0.3 is 5.97 Å². The highest BCUT2D eigenvalue weighted by Crippen LogP contribution is 2.71. The summed E-state index contributed by atoms with van der Waals surface area (Å²) in [6.45, 7) is 11.5. The molecule has 39 heavy (non-hydrogen) atoms. The molecule has 2 aromatic carbocycles. The van der Waals surface area contributed by atoms with Gasteiger partial charge in [-0.3, -0.25) is 14.4 Å². The highest BCUT2D eigenvalue weighted by atomic mass is 32.2. The molecule has 5 rings (SSSR count). The Labute approximate surface area is 233 Å². The van der Waals surface area contributed by atoms with Crippen molar-refractivity contribution in [2.45, 2.75) is 54.7 Å². The summed E-state index contributed by atoms with van der Waals surface area (Å²) in [6, 6.07) is 12.5. The Morgan fingerprint density at radius 3 is 2.62 bits per heavy atom. The average Bonchev–Trinajstić information content (AvgIpc) is 3.51. The number of aliphatic hydroxyl groups excluding tert-OH is 1. The fourth-order valence-corrected chi connectivity index (χ4v) is 9.31. The molecule has 3 fully saturated rings. The van der Waals surface area contributed by atoms with Crippen molar-refractivity contribution >= 4 is 46.0 Å². The number of thioether (sulfide) groups is 1. The van der Waals surface area contributed by atoms with Gasteiger partial charge in [0.2, 0.25) is 5.91 Å². The lowest BCUT2D eigenvalue weighted by atomic mass is 9.66. The Bertz CT molecular complexity index is 1330. The number of anilines is 1. The highest BCUT2D eigenvalue weighted by Gasteiger charge is 2.78. The lowest BCUT2D eigenvalue weighted by molar-refractivity contribution is -0.155. The van der Waals surface area contributed by atoms with E-state index in [4.69, 9.17) is 4.74 Å². The number of rotatable bonds is 10. The number of carbonyl (C=O) groups is 3. The van der Waals surface area contributed by atoms with Gasteiger partial charge in [-0.2, -0.15) is 0 Å². The molecule has 1 spiro atoms. The average molecular weight is 549 g/mol. The fraction of sp³-hybridized carbons (Fsp3) is 0.452. The summed E-state index contributed by atoms with van der Waals surface area (Å²) in [5.74, 6) is -2.26. The van der Waals surface area contributed by atoms with Crippen LogP contribution in [0.15, 0.2) is 67.8 Å². The van der Waals surface area contributed by atoms with Gasteiger partial charge in [0.25, 0.3) is 5.91 Å². The molecule has 0 radical (unpaired) electrons. The van der Waals surface area contributed by atoms with Crippen LogP contribution in [0.4, 0.5) is 5.69 Å². The molecule has 3 saturated heterocycles. The molecule has 6 atom stereocenters. The number of aliphatic hydroxyl groups is 1. The van der Waals surface area contributed by atoms with Gasteiger partial charge in [0, 0.05) is 17.0 Å². The van der Waals surface area contributed by atoms with E-state index in [0.717, 1.165) is 10.8 Å². The van der Waals surface area contributed by atoms with Gasteiger partial charge < -0.3 is 19.6 Å². The van der Waals surface area contributed by atoms with E-state index >= 15 is 0 Å². The number of hydrogen-bond acceptors (Lipinski definition) is 6. The molecule has 1 N–H and O–H groups in total. The third kappa shape index (κ3) is 4.19. The van der Waals surface area contributed by atoms with Crippen LogP contribution in [0, 0.1) is 11.8 Å². The molecule has 3 heterocycles. The standard InChI is InChI=1S/C31H36N2O5S/c1-5-16-32(23-13-12-20-10-8-9-11-21(20)18-23)28(36)26-31-15-14-30(4,39-31)25(29(37)38-17-6-2)24(31)27(35)33(26)22(7-3)19-34/h5-6,8-13,18,22,24-26,34H,1-2,7,14-17,19H2,3-4H3/t22-,24-,25-,26?,30+,31?/m0/s1. The van der Waals surface area contributed by atoms with Gasteiger partial charge in [-0.1, -0.05) is 56.0 Å². The van der Waals surface area contributed by atoms with Gasteiger partial charge in [0.05, 0.1) is 29.2 Å². The van der Waals surface area contributed by atoms with Crippen LogP contribution >= 0.6 is 11.8 Å². The number of esters is 1. The SMILES string of the molecule is C=CCOC(=O)[C@@H]1[C@H]2C(=O)N([C@@H](CC)CO)C(C(=O)N(CC=C)c3ccc4ccccc4c3)C23CC[C@@]1(C)S3. The molecule has 0 saturated carbocycles. The van der Waals surface area contributed by atoms with E-state index in [1.807, 2.05) is 56.3 Å². The third-order valence-corrected chi connectivity index (χ3v) is 10.7. The van der Waals surface area contributed by atoms with E-state index in [2.05, 4.69) is 13.2 Å². The number of hydrogen-bond donors (Lipinski definition) is 1. The number of amides is 2. The van der Waals surface area contributed by atoms with Gasteiger partial charge in [-0.25, -0.2) is 0 Å². The van der Waals surface area contributed by atoms with E-state index in [9.17, 15) is 19.5 Å². The van der Waals surface area contributed by atoms with Gasteiger partial charge in [0.1, 0.15) is 12.6 Å². The minimum Gasteiger partial charge on any atom is -0.461 e. The van der Waals surface area contributed by atoms with Crippen LogP contribution in [-0.2, 0) is 19.1 Å². The second-order valence-electron chi connectivity index (χ2n) is 10.9. The van der Waals surface area contributed by atoms with Gasteiger partial charge in [-0.15, -0.1) is 18.3 Å². The first-order valence-electron chi connectivity index (χ1n) is 13.6. The van der Waals surface area contributed by atoms with Crippen LogP contribution in [-0.4, -0.2) is 69.1 Å². The Balaban J connectivity index is 1.61. The number of nitrogens with zero attached hydrogens (tertiary/aromatic N) is 2. The van der Waals surface area contributed by atoms with E-state index < -0.39 is 39.4 Å². The molecular weight excluding hydrogens is 512 g/mol. The first-order chi connectivity index (χ1) is 18.8. The van der Waals surface area contributed by atoms with Crippen molar-refractivity contribution in [3.05, 3.63) is 67.8 Å². The van der Waals surface area contributed by atoms with Crippen molar-refractivity contribution < 1.29 is 24.2 Å². The molecule has 3 aliphatic rings. The molecular formula is C31H36N2O5S. The molecule has 7 nitrogen and oxygen atoms in total. The van der Waals surface area contributed by atoms with Gasteiger partial charge in [-0.05, 0) is 49.1 Å². The largest absolute Gasteiger partial charge is 0.461 e. The second-order valence-corrected chi connectivity index (χ2v) is 12.8. The molecule has 0 aliphatic carbocycles. The number of ether oxygens (including phenoxy) is 1. The van der Waals surface area contributed by atoms with Crippen molar-refractivity contribution in [3.8, 4) is 0 Å². The highest BCUT2D eigenvalue weighted by molar-refractivity contribution is 8.02. The van der Waals surface area contributed by atoms with Crippen LogP contribution < -0.4 is 4.90 Å². The van der Waals surface area contributed by atoms with Crippen molar-refractivity contribution in [3.63, 3.8) is 0 Å². The van der Waals surface area contributed by atoms with Gasteiger partial charge in [0.15, 0.2) is 0 Å². The minimum absolute atomic E-state index is 0.0688. The summed E-state index contributed by atoms with van der Waals surface area (Å²) in [7, 11) is 0. The molecule has 3 aliphatic heterocycles. The number of carbonyl (C=O) groups excluding carboxylic acids is 3. The predicted molar refractivity (Wildman–Crippen MR) is 154 cm³/mol. The summed E-state index contributed by atoms with van der Waals surface area (Å²) >= 11 is 1.59. The Hall–Kier alpha value is -3.10. The lowest BCUT2D eigenvalue weighted by Gasteiger charge is -2.39. The van der Waals surface area contributed by atoms with Crippen molar-refractivity contribution in [2.24, 2.45) is 11.8 Å². The topological polar surface area (TPSA) is 87.1 Å². The molecule has 0 aromatic heterocycles. The maximum Gasteiger partial charge on any atom is 0.311 e. The van der Waals surface area contributed by atoms with E-state index in [-0.39, 0.29) is 31.6 Å². The van der Waals surface area contributed by atoms with E-state index in [1.54, 1.807) is 27.6 Å². The lowest BCUT2D eigenvalue weighted by Crippen LogP contribution is -2.57. The normalized spacial score (nSPS) is 29.8. The minimum atomic E-state index is -0.831. The monoisotopic (exact) mass is 548 g/mol. The Morgan fingerprint density at radius 1 is 1.21 bits per heavy atom. The number of benzene rings is 2. The molecule has 2 amide bonds. The third-order valence-electron chi connectivity index (χ3n) is 8.74. The summed E-state index contributed by atoms with van der Waals surface area (Å²) in [6.07, 6.45) is 5.01. The van der Waals surface area contributed by atoms with Crippen LogP contribution in [0.1, 0.15) is 33.1 Å². The zero-order valence-electron chi connectivity index (χ0n) is 22.5. The first-order valence-corrected chi connectivity index (χ1v) is 14.4. The molecule has 8 heteroatoms. The summed E-state index contributed by atoms with van der Waals surface area (Å²) in [5, 5.41) is 12.4. The molecule has 2 unspecified atom stereocenters. The summed E-state index contributed by atoms with van der Waals surface area (Å²) in [5.41, 5.74) is 0.716. The van der Waals surface area contributed by atoms with Crippen LogP contribution in [0.5, 0.6) is 0 Å². The second kappa shape index (κ2) is 10.5. The predicted octanol–water partition coefficient (Wildman–Crippen LogP) is 4.34. The van der Waals surface area contributed by atoms with Crippen molar-refractivity contribution in [2.75, 3.05) is 24.7 Å². The molecule has 2 aromatic rings. The number of fused-ring (bicyclic) bond motifs is 2. The van der Waals surface area contributed by atoms with Crippen molar-refractivity contribution in [1.29, 1.82) is 0 Å². The van der Waals surface area contributed by atoms with E-state index in [0.29, 0.717) is 24.9 Å². The smallest absolute Gasteiger partial charge is 0.311 e. The van der Waals surface area contributed by atoms with Crippen LogP contribution in [0.25, 0.3) is 10.8 Å². The Morgan fingerprint density at radius 2 is 1.95 bits per heavy atom. The summed E-state index contributed by atoms with van der Waals surface area (Å²) < 4.78 is 4.18. The van der Waals surface area contributed by atoms with Crippen LogP contribution in [0.2, 0.25) is 0 Å². The zero-order valence-corrected chi connectivity index (χ0v) is 23.4. The maximum absolute atomic E-state index is 14.7. The first kappa shape index (κ1) is 27.5. The van der Waals surface area contributed by atoms with E-state index in [1.165, 1.54) is 6.08 Å². The quantitative estimate of drug-likeness (QED) is 0.351. The van der Waals surface area contributed by atoms with Crippen molar-refractivity contribution in [1.82, 2.24) is 4.90 Å². The number of likely N-dealkylation sites (tertiary alicyclic amines) is 1. The molecule has 2 bridgehead atoms.